The van der Waals surface area contributed by atoms with Gasteiger partial charge in [-0.1, -0.05) is 37.0 Å². The van der Waals surface area contributed by atoms with Crippen LogP contribution in [-0.4, -0.2) is 21.8 Å². The molecule has 0 N–H and O–H groups in total. The van der Waals surface area contributed by atoms with Crippen molar-refractivity contribution in [1.29, 1.82) is 0 Å². The second-order valence-corrected chi connectivity index (χ2v) is 7.18. The van der Waals surface area contributed by atoms with E-state index in [0.717, 1.165) is 23.4 Å². The average molecular weight is 369 g/mol. The molecule has 0 amide bonds. The van der Waals surface area contributed by atoms with Crippen molar-refractivity contribution in [1.82, 2.24) is 9.78 Å². The van der Waals surface area contributed by atoms with Crippen molar-refractivity contribution in [2.45, 2.75) is 47.1 Å². The van der Waals surface area contributed by atoms with Crippen LogP contribution in [0.25, 0.3) is 0 Å². The van der Waals surface area contributed by atoms with Crippen LogP contribution in [0, 0.1) is 19.8 Å². The zero-order valence-electron chi connectivity index (χ0n) is 14.6. The number of rotatable bonds is 5. The Bertz CT molecular complexity index is 754. The van der Waals surface area contributed by atoms with Crippen LogP contribution in [0.15, 0.2) is 18.2 Å². The smallest absolute Gasteiger partial charge is 0.287 e. The van der Waals surface area contributed by atoms with Crippen molar-refractivity contribution in [2.75, 3.05) is 0 Å². The van der Waals surface area contributed by atoms with Crippen LogP contribution in [0.5, 0.6) is 5.75 Å². The highest BCUT2D eigenvalue weighted by atomic mass is 35.5. The number of benzene rings is 1. The molecule has 1 heterocycles. The van der Waals surface area contributed by atoms with E-state index in [1.54, 1.807) is 25.1 Å². The number of carbonyl (C=O) groups is 1. The van der Waals surface area contributed by atoms with Gasteiger partial charge in [-0.25, -0.2) is 4.68 Å². The maximum atomic E-state index is 12.7. The summed E-state index contributed by atoms with van der Waals surface area (Å²) in [6.45, 7) is 9.82. The molecule has 0 fully saturated rings. The molecular formula is C18H22Cl2N2O2. The molecule has 0 aliphatic carbocycles. The molecule has 0 saturated carbocycles. The van der Waals surface area contributed by atoms with Crippen molar-refractivity contribution in [2.24, 2.45) is 5.92 Å². The molecule has 1 aromatic carbocycles. The number of halogens is 2. The van der Waals surface area contributed by atoms with Crippen molar-refractivity contribution >= 4 is 29.1 Å². The van der Waals surface area contributed by atoms with Gasteiger partial charge in [-0.15, -0.1) is 0 Å². The Morgan fingerprint density at radius 1 is 1.25 bits per heavy atom. The van der Waals surface area contributed by atoms with E-state index in [-0.39, 0.29) is 5.91 Å². The first-order valence-electron chi connectivity index (χ1n) is 7.91. The molecule has 4 nitrogen and oxygen atoms in total. The lowest BCUT2D eigenvalue weighted by atomic mass is 10.0. The van der Waals surface area contributed by atoms with Gasteiger partial charge < -0.3 is 4.74 Å². The summed E-state index contributed by atoms with van der Waals surface area (Å²) in [6, 6.07) is 4.91. The molecule has 6 heteroatoms. The Labute approximate surface area is 152 Å². The van der Waals surface area contributed by atoms with Crippen LogP contribution in [0.2, 0.25) is 10.0 Å². The number of hydrogen-bond donors (Lipinski definition) is 0. The zero-order chi connectivity index (χ0) is 18.0. The summed E-state index contributed by atoms with van der Waals surface area (Å²) in [5.74, 6) is 0.694. The zero-order valence-corrected chi connectivity index (χ0v) is 16.1. The van der Waals surface area contributed by atoms with Gasteiger partial charge in [0.15, 0.2) is 6.10 Å². The van der Waals surface area contributed by atoms with Gasteiger partial charge in [0.2, 0.25) is 0 Å². The van der Waals surface area contributed by atoms with Gasteiger partial charge in [-0.2, -0.15) is 5.10 Å². The molecule has 0 bridgehead atoms. The highest BCUT2D eigenvalue weighted by Gasteiger charge is 2.23. The minimum atomic E-state index is -0.714. The second-order valence-electron chi connectivity index (χ2n) is 6.33. The first kappa shape index (κ1) is 18.8. The normalized spacial score (nSPS) is 12.5. The molecule has 130 valence electrons. The van der Waals surface area contributed by atoms with Crippen LogP contribution < -0.4 is 4.74 Å². The molecule has 1 atom stereocenters. The standard InChI is InChI=1S/C18H22Cl2N2O2/c1-10(2)8-15-11(3)21-22(12(15)4)18(23)13(5)24-17-7-6-14(19)9-16(17)20/h6-7,9-10,13H,8H2,1-5H3. The average Bonchev–Trinajstić information content (AvgIpc) is 2.77. The predicted octanol–water partition coefficient (Wildman–Crippen LogP) is 5.11. The number of hydrogen-bond acceptors (Lipinski definition) is 3. The van der Waals surface area contributed by atoms with E-state index < -0.39 is 6.10 Å². The highest BCUT2D eigenvalue weighted by molar-refractivity contribution is 6.35. The third kappa shape index (κ3) is 4.11. The molecule has 0 saturated heterocycles. The number of carbonyl (C=O) groups excluding carboxylic acids is 1. The van der Waals surface area contributed by atoms with Crippen molar-refractivity contribution in [3.8, 4) is 5.75 Å². The van der Waals surface area contributed by atoms with Crippen LogP contribution in [0.1, 0.15) is 42.5 Å². The topological polar surface area (TPSA) is 44.1 Å². The Morgan fingerprint density at radius 2 is 1.92 bits per heavy atom. The Balaban J connectivity index is 2.22. The first-order chi connectivity index (χ1) is 11.2. The van der Waals surface area contributed by atoms with E-state index in [2.05, 4.69) is 18.9 Å². The van der Waals surface area contributed by atoms with E-state index >= 15 is 0 Å². The molecule has 2 rings (SSSR count). The van der Waals surface area contributed by atoms with Gasteiger partial charge in [-0.3, -0.25) is 4.79 Å². The maximum absolute atomic E-state index is 12.7. The largest absolute Gasteiger partial charge is 0.479 e. The van der Waals surface area contributed by atoms with E-state index in [1.165, 1.54) is 4.68 Å². The number of aromatic nitrogens is 2. The van der Waals surface area contributed by atoms with Gasteiger partial charge in [0.1, 0.15) is 5.75 Å². The Morgan fingerprint density at radius 3 is 2.50 bits per heavy atom. The summed E-state index contributed by atoms with van der Waals surface area (Å²) < 4.78 is 7.13. The third-order valence-corrected chi connectivity index (χ3v) is 4.34. The van der Waals surface area contributed by atoms with Gasteiger partial charge in [0.05, 0.1) is 10.7 Å². The van der Waals surface area contributed by atoms with Gasteiger partial charge in [-0.05, 0) is 56.9 Å². The summed E-state index contributed by atoms with van der Waals surface area (Å²) in [6.07, 6.45) is 0.178. The summed E-state index contributed by atoms with van der Waals surface area (Å²) in [5, 5.41) is 5.28. The monoisotopic (exact) mass is 368 g/mol. The van der Waals surface area contributed by atoms with Crippen LogP contribution in [0.3, 0.4) is 0 Å². The summed E-state index contributed by atoms with van der Waals surface area (Å²) >= 11 is 12.0. The van der Waals surface area contributed by atoms with E-state index in [9.17, 15) is 4.79 Å². The van der Waals surface area contributed by atoms with E-state index in [0.29, 0.717) is 21.7 Å². The maximum Gasteiger partial charge on any atom is 0.287 e. The summed E-state index contributed by atoms with van der Waals surface area (Å²) in [5.41, 5.74) is 2.87. The quantitative estimate of drug-likeness (QED) is 0.735. The number of ether oxygens (including phenoxy) is 1. The van der Waals surface area contributed by atoms with Crippen LogP contribution in [-0.2, 0) is 6.42 Å². The molecule has 0 radical (unpaired) electrons. The lowest BCUT2D eigenvalue weighted by molar-refractivity contribution is 0.0707. The fourth-order valence-corrected chi connectivity index (χ4v) is 3.03. The SMILES string of the molecule is Cc1nn(C(=O)C(C)Oc2ccc(Cl)cc2Cl)c(C)c1CC(C)C. The fourth-order valence-electron chi connectivity index (χ4n) is 2.58. The minimum absolute atomic E-state index is 0.225. The molecule has 1 aromatic heterocycles. The minimum Gasteiger partial charge on any atom is -0.479 e. The van der Waals surface area contributed by atoms with Gasteiger partial charge >= 0.3 is 0 Å². The van der Waals surface area contributed by atoms with Crippen LogP contribution in [0.4, 0.5) is 0 Å². The highest BCUT2D eigenvalue weighted by Crippen LogP contribution is 2.28. The van der Waals surface area contributed by atoms with Crippen LogP contribution >= 0.6 is 23.2 Å². The van der Waals surface area contributed by atoms with Gasteiger partial charge in [0, 0.05) is 10.7 Å². The summed E-state index contributed by atoms with van der Waals surface area (Å²) in [7, 11) is 0. The second kappa shape index (κ2) is 7.58. The molecule has 0 spiro atoms. The van der Waals surface area contributed by atoms with E-state index in [4.69, 9.17) is 27.9 Å². The predicted molar refractivity (Wildman–Crippen MR) is 97.4 cm³/mol. The molecule has 2 aromatic rings. The molecule has 0 aliphatic rings. The molecule has 24 heavy (non-hydrogen) atoms. The lowest BCUT2D eigenvalue weighted by Crippen LogP contribution is -2.31. The Hall–Kier alpha value is -1.52. The van der Waals surface area contributed by atoms with Gasteiger partial charge in [0.25, 0.3) is 5.91 Å². The fraction of sp³-hybridized carbons (Fsp3) is 0.444. The lowest BCUT2D eigenvalue weighted by Gasteiger charge is -2.15. The third-order valence-electron chi connectivity index (χ3n) is 3.81. The van der Waals surface area contributed by atoms with Crippen molar-refractivity contribution < 1.29 is 9.53 Å². The summed E-state index contributed by atoms with van der Waals surface area (Å²) in [4.78, 5) is 12.7. The molecule has 1 unspecified atom stereocenters. The van der Waals surface area contributed by atoms with Crippen molar-refractivity contribution in [3.05, 3.63) is 45.2 Å². The molecular weight excluding hydrogens is 347 g/mol. The van der Waals surface area contributed by atoms with E-state index in [1.807, 2.05) is 13.8 Å². The van der Waals surface area contributed by atoms with Crippen molar-refractivity contribution in [3.63, 3.8) is 0 Å². The Kier molecular flexibility index (Phi) is 5.94. The first-order valence-corrected chi connectivity index (χ1v) is 8.67. The molecule has 0 aliphatic heterocycles. The number of nitrogens with zero attached hydrogens (tertiary/aromatic N) is 2. The number of aryl methyl sites for hydroxylation is 1.